The molecule has 3 aliphatic rings. The maximum atomic E-state index is 15.7. The minimum absolute atomic E-state index is 0.00540. The number of aliphatic carboxylic acids is 1. The second kappa shape index (κ2) is 52.8. The lowest BCUT2D eigenvalue weighted by Gasteiger charge is -2.36. The zero-order chi connectivity index (χ0) is 102. The van der Waals surface area contributed by atoms with Crippen molar-refractivity contribution in [2.24, 2.45) is 22.9 Å². The Morgan fingerprint density at radius 3 is 1.69 bits per heavy atom. The molecule has 49 heteroatoms. The number of aromatic hydroxyl groups is 1. The van der Waals surface area contributed by atoms with Gasteiger partial charge in [0, 0.05) is 119 Å². The van der Waals surface area contributed by atoms with Crippen molar-refractivity contribution in [3.05, 3.63) is 102 Å². The number of para-hydroxylation sites is 2. The van der Waals surface area contributed by atoms with Gasteiger partial charge in [-0.1, -0.05) is 88.1 Å². The third-order valence-corrected chi connectivity index (χ3v) is 25.2. The Hall–Kier alpha value is -14.4. The van der Waals surface area contributed by atoms with E-state index < -0.39 is 291 Å². The van der Waals surface area contributed by atoms with Gasteiger partial charge in [0.05, 0.1) is 38.0 Å². The van der Waals surface area contributed by atoms with Crippen molar-refractivity contribution in [1.82, 2.24) is 98.3 Å². The van der Waals surface area contributed by atoms with E-state index >= 15 is 28.8 Å². The van der Waals surface area contributed by atoms with Crippen LogP contribution in [-0.4, -0.2) is 348 Å². The van der Waals surface area contributed by atoms with E-state index in [1.54, 1.807) is 61.7 Å². The molecule has 5 aromatic rings. The highest BCUT2D eigenvalue weighted by atomic mass is 32.2. The molecular weight excluding hydrogens is 1830 g/mol. The summed E-state index contributed by atoms with van der Waals surface area (Å²) >= 11 is 0.730. The molecule has 0 radical (unpaired) electrons. The number of aliphatic hydroxyl groups is 2. The Morgan fingerprint density at radius 1 is 0.540 bits per heavy atom. The first-order chi connectivity index (χ1) is 66.1. The third kappa shape index (κ3) is 31.3. The van der Waals surface area contributed by atoms with Gasteiger partial charge in [-0.25, -0.2) is 0 Å². The number of nitrogens with two attached hydrogens (primary N) is 4. The number of phenolic OH excluding ortho intramolecular Hbond substituents is 1. The number of amides is 18. The summed E-state index contributed by atoms with van der Waals surface area (Å²) in [5, 5.41) is 81.2. The molecule has 8 rings (SSSR count). The molecule has 0 saturated carbocycles. The van der Waals surface area contributed by atoms with Crippen LogP contribution in [0.1, 0.15) is 127 Å². The number of unbranched alkanes of at least 4 members (excludes halogenated alkanes) is 2. The van der Waals surface area contributed by atoms with Crippen LogP contribution in [0.25, 0.3) is 21.8 Å². The first-order valence-electron chi connectivity index (χ1n) is 45.6. The number of carboxylic acids is 1. The van der Waals surface area contributed by atoms with Crippen LogP contribution in [-0.2, 0) is 115 Å². The largest absolute Gasteiger partial charge is 0.508 e. The molecule has 27 N–H and O–H groups in total. The Balaban J connectivity index is 1.17. The van der Waals surface area contributed by atoms with Gasteiger partial charge in [0.15, 0.2) is 5.96 Å². The van der Waals surface area contributed by atoms with Crippen molar-refractivity contribution >= 4 is 158 Å². The summed E-state index contributed by atoms with van der Waals surface area (Å²) < 4.78 is 0. The van der Waals surface area contributed by atoms with Crippen LogP contribution in [0.3, 0.4) is 0 Å². The highest BCUT2D eigenvalue weighted by Crippen LogP contribution is 2.28. The molecule has 0 aliphatic carbocycles. The number of nitrogens with one attached hydrogen (secondary N) is 15. The number of thioether (sulfide) groups is 1. The zero-order valence-electron chi connectivity index (χ0n) is 78.0. The van der Waals surface area contributed by atoms with E-state index in [1.165, 1.54) is 58.5 Å². The van der Waals surface area contributed by atoms with Gasteiger partial charge in [0.2, 0.25) is 106 Å². The average molecular weight is 1960 g/mol. The monoisotopic (exact) mass is 1960 g/mol. The lowest BCUT2D eigenvalue weighted by Crippen LogP contribution is -2.61. The average Bonchev–Trinajstić information content (AvgIpc) is 1.75. The SMILES string of the molecule is CCCC[C@H]1C(=O)N(C)[C@@H](CCCC)C(=O)N[C@@H](CCCNC(=N)N)C(=O)N[C@H](C(=O)NCC(N)=O)CSCC(=O)N[C@@H](Cc2ccc(O)cc2)C(=O)N(C)[C@@H](C)C(=O)N[C@@H](CC(N)=O)C(=O)N2CCC[C@H]2C(=O)N[C@@H](CN)C(=O)NCC(=O)C(=O)N[C@@H](CCC(=O)O)C(=O)N2C[C@H](O)C[C@H]2C(=O)N[C@@H](Cc2c[nH]c3ccccc23)C(=O)N[C@@H](CO)C(=O)N[C@@H](Cc2c[nH]c3ccccc23)C(=O)N1C. The summed E-state index contributed by atoms with van der Waals surface area (Å²) in [6, 6.07) is -4.09. The molecule has 3 aromatic carbocycles. The van der Waals surface area contributed by atoms with Gasteiger partial charge in [-0.05, 0) is 92.8 Å². The molecule has 5 heterocycles. The zero-order valence-corrected chi connectivity index (χ0v) is 78.9. The number of hydrogen-bond acceptors (Lipinski definition) is 26. The van der Waals surface area contributed by atoms with Crippen LogP contribution in [0.15, 0.2) is 85.2 Å². The smallest absolute Gasteiger partial charge is 0.303 e. The van der Waals surface area contributed by atoms with E-state index in [-0.39, 0.29) is 83.0 Å². The number of aliphatic hydroxyl groups excluding tert-OH is 2. The number of fused-ring (bicyclic) bond motifs is 4. The van der Waals surface area contributed by atoms with Crippen molar-refractivity contribution in [2.75, 3.05) is 78.5 Å². The molecular formula is C90H126N24O24S. The summed E-state index contributed by atoms with van der Waals surface area (Å²) in [5.74, 6) is -23.8. The van der Waals surface area contributed by atoms with E-state index in [0.717, 1.165) is 36.3 Å². The minimum Gasteiger partial charge on any atom is -0.508 e. The van der Waals surface area contributed by atoms with E-state index in [2.05, 4.69) is 73.8 Å². The van der Waals surface area contributed by atoms with E-state index in [4.69, 9.17) is 28.3 Å². The Morgan fingerprint density at radius 2 is 1.09 bits per heavy atom. The number of H-pyrrole nitrogens is 2. The number of benzene rings is 3. The fourth-order valence-corrected chi connectivity index (χ4v) is 17.2. The predicted octanol–water partition coefficient (Wildman–Crippen LogP) is -6.43. The molecule has 0 unspecified atom stereocenters. The first kappa shape index (κ1) is 110. The predicted molar refractivity (Wildman–Crippen MR) is 502 cm³/mol. The molecule has 756 valence electrons. The minimum atomic E-state index is -1.96. The summed E-state index contributed by atoms with van der Waals surface area (Å²) in [4.78, 5) is 297. The number of likely N-dealkylation sites (N-methyl/N-ethyl adjacent to an activating group) is 3. The normalized spacial score (nSPS) is 24.6. The number of Topliss-reactive ketones (excluding diaryl/α,β-unsaturated/α-hetero) is 1. The van der Waals surface area contributed by atoms with Crippen LogP contribution in [0.2, 0.25) is 0 Å². The molecule has 2 aromatic heterocycles. The molecule has 18 amide bonds. The van der Waals surface area contributed by atoms with Crippen LogP contribution in [0.5, 0.6) is 5.75 Å². The number of primary amides is 2. The van der Waals surface area contributed by atoms with Crippen molar-refractivity contribution in [2.45, 2.75) is 221 Å². The molecule has 0 spiro atoms. The second-order valence-electron chi connectivity index (χ2n) is 34.3. The topological polar surface area (TPSA) is 742 Å². The summed E-state index contributed by atoms with van der Waals surface area (Å²) in [6.07, 6.45) is -1.25. The number of ketones is 1. The van der Waals surface area contributed by atoms with E-state index in [0.29, 0.717) is 51.3 Å². The Bertz CT molecular complexity index is 5310. The first-order valence-corrected chi connectivity index (χ1v) is 46.8. The lowest BCUT2D eigenvalue weighted by molar-refractivity contribution is -0.149. The van der Waals surface area contributed by atoms with Crippen LogP contribution in [0, 0.1) is 5.41 Å². The maximum absolute atomic E-state index is 15.7. The Labute approximate surface area is 803 Å². The van der Waals surface area contributed by atoms with Crippen molar-refractivity contribution in [3.8, 4) is 5.75 Å². The number of aromatic amines is 2. The number of guanidine groups is 1. The van der Waals surface area contributed by atoms with Crippen molar-refractivity contribution in [1.29, 1.82) is 5.41 Å². The Kier molecular flexibility index (Phi) is 41.8. The molecule has 3 aliphatic heterocycles. The number of nitrogens with zero attached hydrogens (tertiary/aromatic N) is 5. The quantitative estimate of drug-likeness (QED) is 0.0106. The van der Waals surface area contributed by atoms with Crippen molar-refractivity contribution < 1.29 is 116 Å². The van der Waals surface area contributed by atoms with Gasteiger partial charge in [-0.3, -0.25) is 101 Å². The third-order valence-electron chi connectivity index (χ3n) is 24.2. The number of carbonyl (C=O) groups excluding carboxylic acids is 19. The number of phenols is 1. The standard InChI is InChI=1S/C90H126N24O24S/c1-7-9-22-66-81(130)102-57(21-15-31-96-90(94)95)78(127)109-65(77(126)100-42-72(93)120)45-139-46-73(121)101-60(33-48-25-27-51(116)28-26-48)85(134)110(4)47(3)75(124)105-62(37-71(92)119)88(137)113-32-16-24-67(113)82(131)107-63(38-91)76(125)99-41-70(118)84(133)103-58(29-30-74(122)123)87(136)114-43-52(117)36-69(114)83(132)104-59(34-49-39-97-55-19-13-11-17-53(49)55)79(128)108-64(44-115)80(129)106-61(35-50-40-98-56-20-14-12-18-54(50)56)86(135)112(6)68(23-10-8-2)89(138)111(66)5/h11-14,17-20,25-28,39-40,47,52,57-69,97-98,115-117H,7-10,15-16,21-24,29-38,41-46,91H2,1-6H3,(H2,92,119)(H2,93,120)(H,99,125)(H,100,126)(H,101,121)(H,102,130)(H,103,133)(H,104,132)(H,105,124)(H,106,129)(H,107,131)(H,108,128)(H,109,127)(H,122,123)(H4,94,95,96)/t47-,52+,57-,58-,59-,60-,61-,62-,63-,64-,65-,66-,67-,68-,69-/m0/s1. The van der Waals surface area contributed by atoms with Gasteiger partial charge in [-0.2, -0.15) is 0 Å². The highest BCUT2D eigenvalue weighted by Gasteiger charge is 2.47. The van der Waals surface area contributed by atoms with Crippen LogP contribution in [0.4, 0.5) is 0 Å². The maximum Gasteiger partial charge on any atom is 0.303 e. The summed E-state index contributed by atoms with van der Waals surface area (Å²) in [5.41, 5.74) is 25.0. The molecule has 15 atom stereocenters. The van der Waals surface area contributed by atoms with Gasteiger partial charge in [0.1, 0.15) is 90.3 Å². The van der Waals surface area contributed by atoms with Gasteiger partial charge < -0.3 is 142 Å². The molecule has 3 fully saturated rings. The number of carboxylic acid groups (broad SMARTS) is 1. The van der Waals surface area contributed by atoms with Gasteiger partial charge >= 0.3 is 5.97 Å². The summed E-state index contributed by atoms with van der Waals surface area (Å²) in [7, 11) is 3.78. The molecule has 48 nitrogen and oxygen atoms in total. The number of hydrogen-bond donors (Lipinski definition) is 23. The molecule has 0 bridgehead atoms. The van der Waals surface area contributed by atoms with Crippen molar-refractivity contribution in [3.63, 3.8) is 0 Å². The fraction of sp³-hybridized carbons (Fsp3) is 0.522. The highest BCUT2D eigenvalue weighted by molar-refractivity contribution is 8.00. The van der Waals surface area contributed by atoms with Crippen LogP contribution < -0.4 is 86.7 Å². The van der Waals surface area contributed by atoms with E-state index in [1.807, 2.05) is 6.92 Å². The lowest BCUT2D eigenvalue weighted by atomic mass is 10.00. The van der Waals surface area contributed by atoms with Gasteiger partial charge in [0.25, 0.3) is 5.91 Å². The van der Waals surface area contributed by atoms with Crippen LogP contribution >= 0.6 is 11.8 Å². The number of aromatic nitrogens is 2. The molecule has 139 heavy (non-hydrogen) atoms. The van der Waals surface area contributed by atoms with Gasteiger partial charge in [-0.15, -0.1) is 11.8 Å². The number of carbonyl (C=O) groups is 20. The molecule has 3 saturated heterocycles. The van der Waals surface area contributed by atoms with E-state index in [9.17, 15) is 87.5 Å². The second-order valence-corrected chi connectivity index (χ2v) is 35.4. The fourth-order valence-electron chi connectivity index (χ4n) is 16.4. The summed E-state index contributed by atoms with van der Waals surface area (Å²) in [6.45, 7) is 0.202. The number of rotatable bonds is 26.